The first kappa shape index (κ1) is 19.8. The minimum absolute atomic E-state index is 0.0690. The maximum Gasteiger partial charge on any atom is 0.218 e. The number of hydrogen-bond donors (Lipinski definition) is 0. The van der Waals surface area contributed by atoms with E-state index in [0.717, 1.165) is 13.1 Å². The highest BCUT2D eigenvalue weighted by Crippen LogP contribution is 2.57. The number of rotatable bonds is 6. The SMILES string of the molecule is CC(C)(C)[C@@H](COP1N(c2ccccc2)C[C@@H]2CCCN21)N=CC1C=CC=C1. The van der Waals surface area contributed by atoms with E-state index in [-0.39, 0.29) is 11.5 Å². The van der Waals surface area contributed by atoms with E-state index in [0.29, 0.717) is 18.6 Å². The third-order valence-corrected chi connectivity index (χ3v) is 7.93. The Kier molecular flexibility index (Phi) is 6.01. The fourth-order valence-electron chi connectivity index (χ4n) is 3.99. The predicted molar refractivity (Wildman–Crippen MR) is 120 cm³/mol. The second-order valence-corrected chi connectivity index (χ2v) is 10.7. The first-order chi connectivity index (χ1) is 13.5. The minimum atomic E-state index is -0.761. The topological polar surface area (TPSA) is 28.1 Å². The van der Waals surface area contributed by atoms with E-state index in [2.05, 4.69) is 91.0 Å². The van der Waals surface area contributed by atoms with Gasteiger partial charge in [0.25, 0.3) is 0 Å². The first-order valence-corrected chi connectivity index (χ1v) is 11.6. The van der Waals surface area contributed by atoms with E-state index in [1.54, 1.807) is 0 Å². The fourth-order valence-corrected chi connectivity index (χ4v) is 6.27. The third kappa shape index (κ3) is 4.40. The van der Waals surface area contributed by atoms with Gasteiger partial charge in [-0.05, 0) is 30.4 Å². The number of anilines is 1. The van der Waals surface area contributed by atoms with Crippen molar-refractivity contribution in [3.8, 4) is 0 Å². The molecule has 3 aliphatic rings. The van der Waals surface area contributed by atoms with Crippen LogP contribution in [-0.2, 0) is 4.52 Å². The molecule has 2 saturated heterocycles. The Hall–Kier alpha value is -1.48. The zero-order valence-corrected chi connectivity index (χ0v) is 18.1. The molecule has 0 N–H and O–H groups in total. The van der Waals surface area contributed by atoms with Gasteiger partial charge in [0, 0.05) is 37.0 Å². The number of aliphatic imine (C=N–C) groups is 1. The van der Waals surface area contributed by atoms with Crippen LogP contribution in [0.15, 0.2) is 59.6 Å². The largest absolute Gasteiger partial charge is 0.325 e. The van der Waals surface area contributed by atoms with Crippen LogP contribution in [0.25, 0.3) is 0 Å². The molecule has 0 spiro atoms. The molecule has 2 fully saturated rings. The van der Waals surface area contributed by atoms with Gasteiger partial charge in [0.1, 0.15) is 0 Å². The Labute approximate surface area is 170 Å². The molecule has 4 rings (SSSR count). The summed E-state index contributed by atoms with van der Waals surface area (Å²) in [6.45, 7) is 9.67. The highest BCUT2D eigenvalue weighted by molar-refractivity contribution is 7.52. The van der Waals surface area contributed by atoms with Gasteiger partial charge in [-0.3, -0.25) is 4.99 Å². The van der Waals surface area contributed by atoms with E-state index in [4.69, 9.17) is 9.52 Å². The van der Waals surface area contributed by atoms with Gasteiger partial charge in [-0.15, -0.1) is 0 Å². The molecule has 0 radical (unpaired) electrons. The number of fused-ring (bicyclic) bond motifs is 1. The molecular weight excluding hydrogens is 365 g/mol. The molecule has 1 aromatic rings. The molecule has 0 aromatic heterocycles. The third-order valence-electron chi connectivity index (χ3n) is 5.77. The molecule has 2 aliphatic heterocycles. The lowest BCUT2D eigenvalue weighted by Crippen LogP contribution is -2.30. The van der Waals surface area contributed by atoms with Crippen molar-refractivity contribution < 1.29 is 4.52 Å². The summed E-state index contributed by atoms with van der Waals surface area (Å²) in [5, 5.41) is 0. The summed E-state index contributed by atoms with van der Waals surface area (Å²) < 4.78 is 11.8. The van der Waals surface area contributed by atoms with Crippen molar-refractivity contribution in [3.05, 3.63) is 54.6 Å². The molecule has 4 nitrogen and oxygen atoms in total. The van der Waals surface area contributed by atoms with Crippen LogP contribution in [0.2, 0.25) is 0 Å². The second kappa shape index (κ2) is 8.49. The van der Waals surface area contributed by atoms with Gasteiger partial charge in [-0.2, -0.15) is 0 Å². The van der Waals surface area contributed by atoms with Crippen LogP contribution in [0.1, 0.15) is 33.6 Å². The van der Waals surface area contributed by atoms with Crippen LogP contribution < -0.4 is 4.67 Å². The molecule has 3 atom stereocenters. The van der Waals surface area contributed by atoms with Gasteiger partial charge < -0.3 is 9.19 Å². The van der Waals surface area contributed by atoms with E-state index >= 15 is 0 Å². The number of allylic oxidation sites excluding steroid dienone is 4. The molecule has 0 amide bonds. The molecule has 0 saturated carbocycles. The van der Waals surface area contributed by atoms with Crippen LogP contribution in [0.4, 0.5) is 5.69 Å². The minimum Gasteiger partial charge on any atom is -0.325 e. The van der Waals surface area contributed by atoms with Crippen molar-refractivity contribution in [2.75, 3.05) is 24.4 Å². The molecule has 1 unspecified atom stereocenters. The summed E-state index contributed by atoms with van der Waals surface area (Å²) in [4.78, 5) is 4.94. The number of para-hydroxylation sites is 1. The number of hydrogen-bond acceptors (Lipinski definition) is 4. The van der Waals surface area contributed by atoms with Crippen molar-refractivity contribution in [1.82, 2.24) is 4.67 Å². The maximum absolute atomic E-state index is 6.65. The number of nitrogens with zero attached hydrogens (tertiary/aromatic N) is 3. The van der Waals surface area contributed by atoms with Crippen LogP contribution >= 0.6 is 8.45 Å². The van der Waals surface area contributed by atoms with Crippen molar-refractivity contribution in [2.24, 2.45) is 16.3 Å². The quantitative estimate of drug-likeness (QED) is 0.472. The lowest BCUT2D eigenvalue weighted by molar-refractivity contribution is 0.211. The first-order valence-electron chi connectivity index (χ1n) is 10.4. The van der Waals surface area contributed by atoms with E-state index in [9.17, 15) is 0 Å². The molecule has 5 heteroatoms. The summed E-state index contributed by atoms with van der Waals surface area (Å²) in [6.07, 6.45) is 13.2. The molecule has 28 heavy (non-hydrogen) atoms. The monoisotopic (exact) mass is 397 g/mol. The summed E-state index contributed by atoms with van der Waals surface area (Å²) in [5.74, 6) is 0.325. The van der Waals surface area contributed by atoms with Gasteiger partial charge in [0.05, 0.1) is 12.6 Å². The van der Waals surface area contributed by atoms with Crippen molar-refractivity contribution in [2.45, 2.75) is 45.7 Å². The Balaban J connectivity index is 1.47. The lowest BCUT2D eigenvalue weighted by atomic mass is 9.87. The lowest BCUT2D eigenvalue weighted by Gasteiger charge is -2.33. The maximum atomic E-state index is 6.65. The summed E-state index contributed by atoms with van der Waals surface area (Å²) in [6, 6.07) is 11.5. The van der Waals surface area contributed by atoms with Crippen LogP contribution in [-0.4, -0.2) is 42.7 Å². The summed E-state index contributed by atoms with van der Waals surface area (Å²) >= 11 is 0. The molecule has 150 valence electrons. The average molecular weight is 398 g/mol. The number of benzene rings is 1. The highest BCUT2D eigenvalue weighted by Gasteiger charge is 2.44. The zero-order valence-electron chi connectivity index (χ0n) is 17.2. The highest BCUT2D eigenvalue weighted by atomic mass is 31.2. The molecule has 2 heterocycles. The van der Waals surface area contributed by atoms with E-state index < -0.39 is 8.45 Å². The Morgan fingerprint density at radius 2 is 1.96 bits per heavy atom. The van der Waals surface area contributed by atoms with Gasteiger partial charge >= 0.3 is 0 Å². The summed E-state index contributed by atoms with van der Waals surface area (Å²) in [5.41, 5.74) is 1.35. The van der Waals surface area contributed by atoms with E-state index in [1.165, 1.54) is 18.5 Å². The summed E-state index contributed by atoms with van der Waals surface area (Å²) in [7, 11) is -0.761. The zero-order chi connectivity index (χ0) is 19.6. The van der Waals surface area contributed by atoms with Gasteiger partial charge in [-0.25, -0.2) is 4.67 Å². The normalized spacial score (nSPS) is 26.6. The molecule has 1 aromatic carbocycles. The second-order valence-electron chi connectivity index (χ2n) is 8.95. The van der Waals surface area contributed by atoms with Crippen LogP contribution in [0.3, 0.4) is 0 Å². The molecule has 0 bridgehead atoms. The molecule has 1 aliphatic carbocycles. The molecular formula is C23H32N3OP. The average Bonchev–Trinajstić information content (AvgIpc) is 3.39. The smallest absolute Gasteiger partial charge is 0.218 e. The fraction of sp³-hybridized carbons (Fsp3) is 0.522. The van der Waals surface area contributed by atoms with Gasteiger partial charge in [0.2, 0.25) is 8.45 Å². The van der Waals surface area contributed by atoms with E-state index in [1.807, 2.05) is 0 Å². The van der Waals surface area contributed by atoms with Crippen molar-refractivity contribution in [1.29, 1.82) is 0 Å². The van der Waals surface area contributed by atoms with Gasteiger partial charge in [0.15, 0.2) is 0 Å². The van der Waals surface area contributed by atoms with Crippen molar-refractivity contribution >= 4 is 20.4 Å². The van der Waals surface area contributed by atoms with Gasteiger partial charge in [-0.1, -0.05) is 63.3 Å². The Morgan fingerprint density at radius 3 is 2.68 bits per heavy atom. The van der Waals surface area contributed by atoms with Crippen LogP contribution in [0, 0.1) is 11.3 Å². The van der Waals surface area contributed by atoms with Crippen molar-refractivity contribution in [3.63, 3.8) is 0 Å². The van der Waals surface area contributed by atoms with Crippen LogP contribution in [0.5, 0.6) is 0 Å². The Morgan fingerprint density at radius 1 is 1.21 bits per heavy atom. The Bertz CT molecular complexity index is 728. The standard InChI is InChI=1S/C23H32N3OP/c1-23(2,3)22(24-16-19-10-7-8-11-19)18-27-28-25-15-9-14-21(25)17-26(28)20-12-5-4-6-13-20/h4-8,10-13,16,19,21-22H,9,14-15,17-18H2,1-3H3/t21-,22+,28?/m0/s1. The predicted octanol–water partition coefficient (Wildman–Crippen LogP) is 5.44.